The zero-order valence-corrected chi connectivity index (χ0v) is 15.9. The van der Waals surface area contributed by atoms with Gasteiger partial charge in [-0.25, -0.2) is 4.79 Å². The molecule has 9 heteroatoms. The Morgan fingerprint density at radius 3 is 2.39 bits per heavy atom. The van der Waals surface area contributed by atoms with Gasteiger partial charge in [-0.3, -0.25) is 19.3 Å². The number of nitrogens with zero attached hydrogens (tertiary/aromatic N) is 2. The molecule has 3 aliphatic rings. The summed E-state index contributed by atoms with van der Waals surface area (Å²) in [5.41, 5.74) is -1.68. The summed E-state index contributed by atoms with van der Waals surface area (Å²) in [6.45, 7) is -0.554. The quantitative estimate of drug-likeness (QED) is 0.517. The van der Waals surface area contributed by atoms with E-state index in [9.17, 15) is 24.4 Å². The topological polar surface area (TPSA) is 129 Å². The average Bonchev–Trinajstić information content (AvgIpc) is 3.25. The molecular formula is C19H26N4O5. The van der Waals surface area contributed by atoms with Gasteiger partial charge in [0.2, 0.25) is 0 Å². The zero-order valence-electron chi connectivity index (χ0n) is 15.9. The molecule has 1 saturated heterocycles. The van der Waals surface area contributed by atoms with Crippen molar-refractivity contribution in [2.24, 2.45) is 0 Å². The monoisotopic (exact) mass is 390 g/mol. The third-order valence-electron chi connectivity index (χ3n) is 5.91. The van der Waals surface area contributed by atoms with Gasteiger partial charge in [0.15, 0.2) is 6.61 Å². The van der Waals surface area contributed by atoms with Crippen molar-refractivity contribution in [2.75, 3.05) is 13.2 Å². The van der Waals surface area contributed by atoms with Crippen molar-refractivity contribution < 1.29 is 23.9 Å². The van der Waals surface area contributed by atoms with E-state index >= 15 is 0 Å². The Morgan fingerprint density at radius 1 is 1.11 bits per heavy atom. The van der Waals surface area contributed by atoms with Gasteiger partial charge < -0.3 is 15.4 Å². The lowest BCUT2D eigenvalue weighted by molar-refractivity contribution is -0.149. The molecule has 9 nitrogen and oxygen atoms in total. The number of hydrogen-bond acceptors (Lipinski definition) is 6. The van der Waals surface area contributed by atoms with Crippen LogP contribution in [0, 0.1) is 11.3 Å². The molecule has 0 aromatic rings. The fraction of sp³-hybridized carbons (Fsp3) is 0.737. The number of carbonyl (C=O) groups excluding carboxylic acids is 4. The number of esters is 1. The Morgan fingerprint density at radius 2 is 1.75 bits per heavy atom. The second-order valence-corrected chi connectivity index (χ2v) is 7.89. The number of rotatable bonds is 6. The van der Waals surface area contributed by atoms with Crippen molar-refractivity contribution in [2.45, 2.75) is 75.3 Å². The highest BCUT2D eigenvalue weighted by Crippen LogP contribution is 2.35. The van der Waals surface area contributed by atoms with Crippen LogP contribution in [0.4, 0.5) is 4.79 Å². The van der Waals surface area contributed by atoms with E-state index < -0.39 is 35.6 Å². The summed E-state index contributed by atoms with van der Waals surface area (Å²) in [6.07, 6.45) is 6.84. The fourth-order valence-electron chi connectivity index (χ4n) is 4.34. The van der Waals surface area contributed by atoms with Crippen LogP contribution < -0.4 is 10.6 Å². The number of amides is 4. The molecule has 0 radical (unpaired) electrons. The summed E-state index contributed by atoms with van der Waals surface area (Å²) in [7, 11) is 0. The second-order valence-electron chi connectivity index (χ2n) is 7.89. The highest BCUT2D eigenvalue weighted by molar-refractivity contribution is 6.07. The molecule has 0 aromatic heterocycles. The number of nitrogens with one attached hydrogen (secondary N) is 2. The minimum absolute atomic E-state index is 0.0744. The standard InChI is InChI=1S/C19H26N4O5/c20-13-18(7-2-1-3-8-18)21-14(24)12-28-15(25)6-11-23-16(26)19(22-17(23)27)9-4-5-10-19/h1-12H2,(H,21,24)(H,22,27). The Labute approximate surface area is 163 Å². The van der Waals surface area contributed by atoms with Crippen LogP contribution in [0.1, 0.15) is 64.2 Å². The van der Waals surface area contributed by atoms with E-state index in [1.54, 1.807) is 0 Å². The Balaban J connectivity index is 1.42. The number of nitriles is 1. The average molecular weight is 390 g/mol. The summed E-state index contributed by atoms with van der Waals surface area (Å²) in [5, 5.41) is 14.8. The Kier molecular flexibility index (Phi) is 5.87. The lowest BCUT2D eigenvalue weighted by Gasteiger charge is -2.31. The molecule has 0 bridgehead atoms. The van der Waals surface area contributed by atoms with Crippen LogP contribution in [-0.4, -0.2) is 52.9 Å². The molecule has 1 heterocycles. The molecule has 2 saturated carbocycles. The van der Waals surface area contributed by atoms with Crippen molar-refractivity contribution in [3.8, 4) is 6.07 Å². The van der Waals surface area contributed by atoms with Crippen LogP contribution in [0.2, 0.25) is 0 Å². The van der Waals surface area contributed by atoms with Crippen molar-refractivity contribution in [1.29, 1.82) is 5.26 Å². The minimum Gasteiger partial charge on any atom is -0.456 e. The molecule has 2 aliphatic carbocycles. The molecule has 1 spiro atoms. The predicted molar refractivity (Wildman–Crippen MR) is 96.6 cm³/mol. The van der Waals surface area contributed by atoms with Crippen LogP contribution in [-0.2, 0) is 19.1 Å². The number of ether oxygens (including phenoxy) is 1. The molecule has 0 unspecified atom stereocenters. The minimum atomic E-state index is -0.878. The van der Waals surface area contributed by atoms with E-state index in [4.69, 9.17) is 4.74 Å². The van der Waals surface area contributed by atoms with Crippen LogP contribution in [0.3, 0.4) is 0 Å². The summed E-state index contributed by atoms with van der Waals surface area (Å²) in [6, 6.07) is 1.69. The van der Waals surface area contributed by atoms with Crippen molar-refractivity contribution in [3.63, 3.8) is 0 Å². The van der Waals surface area contributed by atoms with Gasteiger partial charge in [-0.1, -0.05) is 32.1 Å². The molecule has 28 heavy (non-hydrogen) atoms. The van der Waals surface area contributed by atoms with Gasteiger partial charge in [0, 0.05) is 6.54 Å². The number of urea groups is 1. The fourth-order valence-corrected chi connectivity index (χ4v) is 4.34. The Hall–Kier alpha value is -2.63. The van der Waals surface area contributed by atoms with E-state index in [0.29, 0.717) is 25.7 Å². The van der Waals surface area contributed by atoms with Crippen molar-refractivity contribution in [1.82, 2.24) is 15.5 Å². The number of imide groups is 1. The lowest BCUT2D eigenvalue weighted by Crippen LogP contribution is -2.50. The smallest absolute Gasteiger partial charge is 0.325 e. The van der Waals surface area contributed by atoms with Gasteiger partial charge in [0.1, 0.15) is 11.1 Å². The third-order valence-corrected chi connectivity index (χ3v) is 5.91. The van der Waals surface area contributed by atoms with E-state index in [1.807, 2.05) is 0 Å². The summed E-state index contributed by atoms with van der Waals surface area (Å²) < 4.78 is 4.95. The number of hydrogen-bond donors (Lipinski definition) is 2. The normalized spacial score (nSPS) is 22.6. The molecule has 3 fully saturated rings. The maximum atomic E-state index is 12.5. The van der Waals surface area contributed by atoms with E-state index in [1.165, 1.54) is 0 Å². The molecule has 4 amide bonds. The van der Waals surface area contributed by atoms with Crippen LogP contribution in [0.25, 0.3) is 0 Å². The SMILES string of the molecule is N#CC1(NC(=O)COC(=O)CCN2C(=O)NC3(CCCC3)C2=O)CCCCC1. The first-order chi connectivity index (χ1) is 13.4. The van der Waals surface area contributed by atoms with E-state index in [0.717, 1.165) is 37.0 Å². The van der Waals surface area contributed by atoms with Gasteiger partial charge >= 0.3 is 12.0 Å². The first-order valence-corrected chi connectivity index (χ1v) is 9.92. The highest BCUT2D eigenvalue weighted by Gasteiger charge is 2.52. The van der Waals surface area contributed by atoms with Crippen molar-refractivity contribution >= 4 is 23.8 Å². The Bertz CT molecular complexity index is 702. The molecule has 3 rings (SSSR count). The lowest BCUT2D eigenvalue weighted by atomic mass is 9.83. The summed E-state index contributed by atoms with van der Waals surface area (Å²) in [5.74, 6) is -1.47. The zero-order chi connectivity index (χ0) is 20.2. The molecule has 2 N–H and O–H groups in total. The molecule has 0 aromatic carbocycles. The summed E-state index contributed by atoms with van der Waals surface area (Å²) in [4.78, 5) is 49.6. The largest absolute Gasteiger partial charge is 0.456 e. The first kappa shape index (κ1) is 20.1. The molecule has 152 valence electrons. The maximum Gasteiger partial charge on any atom is 0.325 e. The van der Waals surface area contributed by atoms with Gasteiger partial charge in [-0.05, 0) is 25.7 Å². The van der Waals surface area contributed by atoms with Gasteiger partial charge in [-0.15, -0.1) is 0 Å². The predicted octanol–water partition coefficient (Wildman–Crippen LogP) is 1.13. The maximum absolute atomic E-state index is 12.5. The third kappa shape index (κ3) is 4.11. The molecule has 0 atom stereocenters. The summed E-state index contributed by atoms with van der Waals surface area (Å²) >= 11 is 0. The highest BCUT2D eigenvalue weighted by atomic mass is 16.5. The van der Waals surface area contributed by atoms with Crippen LogP contribution in [0.15, 0.2) is 0 Å². The van der Waals surface area contributed by atoms with E-state index in [-0.39, 0.29) is 18.9 Å². The first-order valence-electron chi connectivity index (χ1n) is 9.92. The van der Waals surface area contributed by atoms with Gasteiger partial charge in [0.25, 0.3) is 11.8 Å². The van der Waals surface area contributed by atoms with Gasteiger partial charge in [-0.2, -0.15) is 5.26 Å². The molecule has 1 aliphatic heterocycles. The molecular weight excluding hydrogens is 364 g/mol. The van der Waals surface area contributed by atoms with Crippen LogP contribution in [0.5, 0.6) is 0 Å². The second kappa shape index (κ2) is 8.17. The van der Waals surface area contributed by atoms with E-state index in [2.05, 4.69) is 16.7 Å². The van der Waals surface area contributed by atoms with Gasteiger partial charge in [0.05, 0.1) is 12.5 Å². The van der Waals surface area contributed by atoms with Crippen molar-refractivity contribution in [3.05, 3.63) is 0 Å². The number of carbonyl (C=O) groups is 4. The van der Waals surface area contributed by atoms with Crippen LogP contribution >= 0.6 is 0 Å².